The zero-order valence-electron chi connectivity index (χ0n) is 12.3. The van der Waals surface area contributed by atoms with Crippen molar-refractivity contribution in [3.8, 4) is 0 Å². The summed E-state index contributed by atoms with van der Waals surface area (Å²) in [7, 11) is 0. The third-order valence-electron chi connectivity index (χ3n) is 5.01. The lowest BCUT2D eigenvalue weighted by Crippen LogP contribution is -2.65. The fraction of sp³-hybridized carbons (Fsp3) is 0.529. The molecule has 0 atom stereocenters. The smallest absolute Gasteiger partial charge is 0.225 e. The maximum atomic E-state index is 12.1. The molecule has 0 unspecified atom stereocenters. The standard InChI is InChI=1S/C17H20N2O2/c1-12(20)19-11-17(8-14-4-2-3-5-15(14)19)9-18(10-17)16(21)13-6-7-13/h2-5,13H,6-11H2,1H3. The Morgan fingerprint density at radius 1 is 1.14 bits per heavy atom. The zero-order chi connectivity index (χ0) is 14.6. The van der Waals surface area contributed by atoms with Gasteiger partial charge in [-0.3, -0.25) is 9.59 Å². The van der Waals surface area contributed by atoms with E-state index in [0.717, 1.165) is 44.6 Å². The SMILES string of the molecule is CC(=O)N1CC2(Cc3ccccc31)CN(C(=O)C1CC1)C2. The average Bonchev–Trinajstić information content (AvgIpc) is 3.27. The molecule has 21 heavy (non-hydrogen) atoms. The van der Waals surface area contributed by atoms with Crippen LogP contribution in [-0.4, -0.2) is 36.3 Å². The summed E-state index contributed by atoms with van der Waals surface area (Å²) < 4.78 is 0. The Kier molecular flexibility index (Phi) is 2.65. The molecule has 0 bridgehead atoms. The predicted molar refractivity (Wildman–Crippen MR) is 79.9 cm³/mol. The van der Waals surface area contributed by atoms with Crippen molar-refractivity contribution < 1.29 is 9.59 Å². The van der Waals surface area contributed by atoms with Gasteiger partial charge in [0.1, 0.15) is 0 Å². The van der Waals surface area contributed by atoms with Crippen molar-refractivity contribution in [2.75, 3.05) is 24.5 Å². The lowest BCUT2D eigenvalue weighted by atomic mass is 9.71. The van der Waals surface area contributed by atoms with Crippen LogP contribution in [0.25, 0.3) is 0 Å². The van der Waals surface area contributed by atoms with E-state index in [4.69, 9.17) is 0 Å². The van der Waals surface area contributed by atoms with Crippen LogP contribution in [0.5, 0.6) is 0 Å². The van der Waals surface area contributed by atoms with E-state index in [1.54, 1.807) is 6.92 Å². The van der Waals surface area contributed by atoms with E-state index in [0.29, 0.717) is 11.8 Å². The van der Waals surface area contributed by atoms with E-state index in [9.17, 15) is 9.59 Å². The van der Waals surface area contributed by atoms with E-state index in [-0.39, 0.29) is 11.3 Å². The number of carbonyl (C=O) groups excluding carboxylic acids is 2. The number of hydrogen-bond donors (Lipinski definition) is 0. The van der Waals surface area contributed by atoms with Gasteiger partial charge in [0.2, 0.25) is 11.8 Å². The quantitative estimate of drug-likeness (QED) is 0.789. The van der Waals surface area contributed by atoms with Crippen LogP contribution in [0, 0.1) is 11.3 Å². The summed E-state index contributed by atoms with van der Waals surface area (Å²) in [6.07, 6.45) is 3.09. The number of benzene rings is 1. The van der Waals surface area contributed by atoms with Crippen LogP contribution >= 0.6 is 0 Å². The number of fused-ring (bicyclic) bond motifs is 1. The lowest BCUT2D eigenvalue weighted by Gasteiger charge is -2.54. The Bertz CT molecular complexity index is 615. The van der Waals surface area contributed by atoms with Crippen LogP contribution in [0.15, 0.2) is 24.3 Å². The topological polar surface area (TPSA) is 40.6 Å². The van der Waals surface area contributed by atoms with Crippen LogP contribution in [0.1, 0.15) is 25.3 Å². The van der Waals surface area contributed by atoms with E-state index < -0.39 is 0 Å². The second-order valence-electron chi connectivity index (χ2n) is 6.88. The molecule has 1 aromatic carbocycles. The molecule has 110 valence electrons. The van der Waals surface area contributed by atoms with Gasteiger partial charge in [-0.15, -0.1) is 0 Å². The highest BCUT2D eigenvalue weighted by Crippen LogP contribution is 2.44. The molecule has 1 saturated carbocycles. The van der Waals surface area contributed by atoms with Crippen molar-refractivity contribution in [2.45, 2.75) is 26.2 Å². The number of rotatable bonds is 1. The normalized spacial score (nSPS) is 22.7. The van der Waals surface area contributed by atoms with Crippen LogP contribution in [-0.2, 0) is 16.0 Å². The van der Waals surface area contributed by atoms with Gasteiger partial charge >= 0.3 is 0 Å². The summed E-state index contributed by atoms with van der Waals surface area (Å²) in [6.45, 7) is 3.98. The summed E-state index contributed by atoms with van der Waals surface area (Å²) in [5.41, 5.74) is 2.35. The van der Waals surface area contributed by atoms with Crippen molar-refractivity contribution in [3.63, 3.8) is 0 Å². The number of nitrogens with zero attached hydrogens (tertiary/aromatic N) is 2. The Morgan fingerprint density at radius 3 is 2.52 bits per heavy atom. The van der Waals surface area contributed by atoms with Crippen molar-refractivity contribution in [1.82, 2.24) is 4.90 Å². The van der Waals surface area contributed by atoms with E-state index in [1.165, 1.54) is 5.56 Å². The minimum absolute atomic E-state index is 0.0740. The maximum Gasteiger partial charge on any atom is 0.225 e. The van der Waals surface area contributed by atoms with Crippen LogP contribution in [0.2, 0.25) is 0 Å². The monoisotopic (exact) mass is 284 g/mol. The molecule has 0 N–H and O–H groups in total. The van der Waals surface area contributed by atoms with Gasteiger partial charge in [0.25, 0.3) is 0 Å². The molecular weight excluding hydrogens is 264 g/mol. The van der Waals surface area contributed by atoms with Crippen molar-refractivity contribution in [3.05, 3.63) is 29.8 Å². The van der Waals surface area contributed by atoms with Gasteiger partial charge in [0, 0.05) is 43.6 Å². The van der Waals surface area contributed by atoms with Gasteiger partial charge in [-0.05, 0) is 30.9 Å². The molecule has 4 rings (SSSR count). The molecule has 4 heteroatoms. The molecule has 2 fully saturated rings. The first-order valence-electron chi connectivity index (χ1n) is 7.73. The van der Waals surface area contributed by atoms with Gasteiger partial charge in [0.15, 0.2) is 0 Å². The molecule has 3 aliphatic rings. The third kappa shape index (κ3) is 2.04. The van der Waals surface area contributed by atoms with Crippen LogP contribution in [0.4, 0.5) is 5.69 Å². The van der Waals surface area contributed by atoms with E-state index in [2.05, 4.69) is 6.07 Å². The summed E-state index contributed by atoms with van der Waals surface area (Å²) in [5.74, 6) is 0.712. The molecule has 0 radical (unpaired) electrons. The second kappa shape index (κ2) is 4.33. The van der Waals surface area contributed by atoms with Crippen molar-refractivity contribution in [2.24, 2.45) is 11.3 Å². The molecule has 1 aromatic rings. The Morgan fingerprint density at radius 2 is 1.86 bits per heavy atom. The first-order valence-corrected chi connectivity index (χ1v) is 7.73. The third-order valence-corrected chi connectivity index (χ3v) is 5.01. The number of hydrogen-bond acceptors (Lipinski definition) is 2. The van der Waals surface area contributed by atoms with E-state index >= 15 is 0 Å². The van der Waals surface area contributed by atoms with Gasteiger partial charge in [-0.1, -0.05) is 18.2 Å². The fourth-order valence-corrected chi connectivity index (χ4v) is 3.80. The van der Waals surface area contributed by atoms with Crippen LogP contribution < -0.4 is 4.90 Å². The molecule has 0 aromatic heterocycles. The van der Waals surface area contributed by atoms with Gasteiger partial charge in [0.05, 0.1) is 0 Å². The predicted octanol–water partition coefficient (Wildman–Crippen LogP) is 1.83. The molecule has 2 amide bonds. The van der Waals surface area contributed by atoms with Crippen LogP contribution in [0.3, 0.4) is 0 Å². The van der Waals surface area contributed by atoms with Gasteiger partial charge in [-0.2, -0.15) is 0 Å². The number of anilines is 1. The summed E-state index contributed by atoms with van der Waals surface area (Å²) >= 11 is 0. The largest absolute Gasteiger partial charge is 0.341 e. The highest BCUT2D eigenvalue weighted by atomic mass is 16.2. The first-order chi connectivity index (χ1) is 10.1. The first kappa shape index (κ1) is 12.9. The molecule has 1 spiro atoms. The molecule has 1 saturated heterocycles. The van der Waals surface area contributed by atoms with Crippen molar-refractivity contribution in [1.29, 1.82) is 0 Å². The van der Waals surface area contributed by atoms with Gasteiger partial charge in [-0.25, -0.2) is 0 Å². The number of para-hydroxylation sites is 1. The minimum atomic E-state index is 0.0740. The highest BCUT2D eigenvalue weighted by molar-refractivity contribution is 5.93. The maximum absolute atomic E-state index is 12.1. The number of likely N-dealkylation sites (tertiary alicyclic amines) is 1. The Balaban J connectivity index is 1.57. The average molecular weight is 284 g/mol. The van der Waals surface area contributed by atoms with Crippen molar-refractivity contribution >= 4 is 17.5 Å². The highest BCUT2D eigenvalue weighted by Gasteiger charge is 2.51. The lowest BCUT2D eigenvalue weighted by molar-refractivity contribution is -0.144. The molecule has 2 aliphatic heterocycles. The Labute approximate surface area is 124 Å². The minimum Gasteiger partial charge on any atom is -0.341 e. The fourth-order valence-electron chi connectivity index (χ4n) is 3.80. The van der Waals surface area contributed by atoms with Gasteiger partial charge < -0.3 is 9.80 Å². The summed E-state index contributed by atoms with van der Waals surface area (Å²) in [5, 5.41) is 0. The zero-order valence-corrected chi connectivity index (χ0v) is 12.3. The molecular formula is C17H20N2O2. The molecule has 1 aliphatic carbocycles. The Hall–Kier alpha value is -1.84. The molecule has 4 nitrogen and oxygen atoms in total. The second-order valence-corrected chi connectivity index (χ2v) is 6.88. The number of amides is 2. The summed E-state index contributed by atoms with van der Waals surface area (Å²) in [4.78, 5) is 28.0. The van der Waals surface area contributed by atoms with E-state index in [1.807, 2.05) is 28.0 Å². The molecule has 2 heterocycles. The number of carbonyl (C=O) groups is 2. The summed E-state index contributed by atoms with van der Waals surface area (Å²) in [6, 6.07) is 8.14.